The first kappa shape index (κ1) is 11.0. The Kier molecular flexibility index (Phi) is 3.16. The van der Waals surface area contributed by atoms with Gasteiger partial charge in [0.05, 0.1) is 5.02 Å². The Morgan fingerprint density at radius 2 is 1.62 bits per heavy atom. The number of rotatable bonds is 2. The summed E-state index contributed by atoms with van der Waals surface area (Å²) in [7, 11) is 0. The van der Waals surface area contributed by atoms with E-state index in [-0.39, 0.29) is 5.75 Å². The van der Waals surface area contributed by atoms with Gasteiger partial charge in [0.25, 0.3) is 0 Å². The van der Waals surface area contributed by atoms with Crippen molar-refractivity contribution in [3.05, 3.63) is 64.2 Å². The van der Waals surface area contributed by atoms with Crippen LogP contribution in [0.15, 0.2) is 42.5 Å². The van der Waals surface area contributed by atoms with Gasteiger partial charge in [-0.3, -0.25) is 0 Å². The molecule has 1 nitrogen and oxygen atoms in total. The smallest absolute Gasteiger partial charge is 0.134 e. The Labute approximate surface area is 100 Å². The molecule has 82 valence electrons. The largest absolute Gasteiger partial charge is 0.506 e. The van der Waals surface area contributed by atoms with Gasteiger partial charge in [-0.15, -0.1) is 0 Å². The SMILES string of the molecule is Cc1ccc(Cc2ccc(O)c(Cl)c2)cc1. The Morgan fingerprint density at radius 1 is 1.00 bits per heavy atom. The number of aromatic hydroxyl groups is 1. The maximum Gasteiger partial charge on any atom is 0.134 e. The van der Waals surface area contributed by atoms with Crippen molar-refractivity contribution in [2.75, 3.05) is 0 Å². The van der Waals surface area contributed by atoms with Gasteiger partial charge in [-0.2, -0.15) is 0 Å². The highest BCUT2D eigenvalue weighted by Gasteiger charge is 2.01. The molecule has 0 fully saturated rings. The van der Waals surface area contributed by atoms with Gasteiger partial charge in [0.2, 0.25) is 0 Å². The topological polar surface area (TPSA) is 20.2 Å². The van der Waals surface area contributed by atoms with E-state index in [9.17, 15) is 5.11 Å². The number of aryl methyl sites for hydroxylation is 1. The minimum absolute atomic E-state index is 0.134. The molecule has 0 aliphatic heterocycles. The molecule has 2 rings (SSSR count). The summed E-state index contributed by atoms with van der Waals surface area (Å²) in [6.45, 7) is 2.07. The third-order valence-corrected chi connectivity index (χ3v) is 2.84. The van der Waals surface area contributed by atoms with Crippen molar-refractivity contribution in [1.29, 1.82) is 0 Å². The highest BCUT2D eigenvalue weighted by atomic mass is 35.5. The van der Waals surface area contributed by atoms with Crippen LogP contribution in [-0.2, 0) is 6.42 Å². The minimum atomic E-state index is 0.134. The summed E-state index contributed by atoms with van der Waals surface area (Å²) >= 11 is 5.86. The second-order valence-electron chi connectivity index (χ2n) is 3.95. The lowest BCUT2D eigenvalue weighted by Gasteiger charge is -2.04. The molecule has 16 heavy (non-hydrogen) atoms. The first-order valence-corrected chi connectivity index (χ1v) is 5.56. The van der Waals surface area contributed by atoms with Crippen LogP contribution in [0.1, 0.15) is 16.7 Å². The number of phenolic OH excluding ortho intramolecular Hbond substituents is 1. The van der Waals surface area contributed by atoms with Crippen molar-refractivity contribution >= 4 is 11.6 Å². The van der Waals surface area contributed by atoms with Gasteiger partial charge in [-0.25, -0.2) is 0 Å². The van der Waals surface area contributed by atoms with E-state index in [2.05, 4.69) is 31.2 Å². The number of benzene rings is 2. The van der Waals surface area contributed by atoms with Crippen LogP contribution in [0.5, 0.6) is 5.75 Å². The van der Waals surface area contributed by atoms with Gasteiger partial charge in [0.15, 0.2) is 0 Å². The molecule has 0 aliphatic carbocycles. The van der Waals surface area contributed by atoms with Crippen LogP contribution in [0.3, 0.4) is 0 Å². The summed E-state index contributed by atoms with van der Waals surface area (Å²) in [4.78, 5) is 0. The second-order valence-corrected chi connectivity index (χ2v) is 4.36. The maximum absolute atomic E-state index is 9.31. The first-order valence-electron chi connectivity index (χ1n) is 5.18. The van der Waals surface area contributed by atoms with Crippen LogP contribution in [-0.4, -0.2) is 5.11 Å². The molecule has 0 aromatic heterocycles. The molecule has 2 aromatic carbocycles. The molecule has 0 bridgehead atoms. The van der Waals surface area contributed by atoms with Gasteiger partial charge < -0.3 is 5.11 Å². The third-order valence-electron chi connectivity index (χ3n) is 2.54. The zero-order chi connectivity index (χ0) is 11.5. The van der Waals surface area contributed by atoms with Gasteiger partial charge in [0.1, 0.15) is 5.75 Å². The fourth-order valence-electron chi connectivity index (χ4n) is 1.60. The van der Waals surface area contributed by atoms with E-state index in [0.29, 0.717) is 5.02 Å². The van der Waals surface area contributed by atoms with E-state index in [1.54, 1.807) is 12.1 Å². The number of phenols is 1. The molecule has 0 atom stereocenters. The van der Waals surface area contributed by atoms with Gasteiger partial charge in [0, 0.05) is 0 Å². The average molecular weight is 233 g/mol. The van der Waals surface area contributed by atoms with Crippen molar-refractivity contribution < 1.29 is 5.11 Å². The predicted octanol–water partition coefficient (Wildman–Crippen LogP) is 3.94. The van der Waals surface area contributed by atoms with Crippen LogP contribution >= 0.6 is 11.6 Å². The van der Waals surface area contributed by atoms with Gasteiger partial charge in [-0.05, 0) is 36.6 Å². The van der Waals surface area contributed by atoms with E-state index in [1.165, 1.54) is 11.1 Å². The summed E-state index contributed by atoms with van der Waals surface area (Å²) in [5.74, 6) is 0.134. The molecule has 1 N–H and O–H groups in total. The predicted molar refractivity (Wildman–Crippen MR) is 67.1 cm³/mol. The second kappa shape index (κ2) is 4.58. The van der Waals surface area contributed by atoms with Gasteiger partial charge >= 0.3 is 0 Å². The highest BCUT2D eigenvalue weighted by molar-refractivity contribution is 6.32. The molecular weight excluding hydrogens is 220 g/mol. The minimum Gasteiger partial charge on any atom is -0.506 e. The third kappa shape index (κ3) is 2.56. The Balaban J connectivity index is 2.20. The molecule has 0 amide bonds. The number of hydrogen-bond donors (Lipinski definition) is 1. The molecule has 0 aliphatic rings. The van der Waals surface area contributed by atoms with E-state index in [1.807, 2.05) is 6.07 Å². The monoisotopic (exact) mass is 232 g/mol. The normalized spacial score (nSPS) is 10.4. The Bertz CT molecular complexity index is 489. The van der Waals surface area contributed by atoms with E-state index < -0.39 is 0 Å². The van der Waals surface area contributed by atoms with Crippen molar-refractivity contribution in [3.8, 4) is 5.75 Å². The summed E-state index contributed by atoms with van der Waals surface area (Å²) in [5, 5.41) is 9.72. The van der Waals surface area contributed by atoms with Crippen LogP contribution < -0.4 is 0 Å². The van der Waals surface area contributed by atoms with Crippen molar-refractivity contribution in [2.45, 2.75) is 13.3 Å². The number of halogens is 1. The average Bonchev–Trinajstić information content (AvgIpc) is 2.27. The zero-order valence-electron chi connectivity index (χ0n) is 9.07. The molecule has 0 radical (unpaired) electrons. The van der Waals surface area contributed by atoms with Gasteiger partial charge in [-0.1, -0.05) is 47.5 Å². The molecule has 0 unspecified atom stereocenters. The van der Waals surface area contributed by atoms with Crippen molar-refractivity contribution in [2.24, 2.45) is 0 Å². The van der Waals surface area contributed by atoms with Crippen LogP contribution in [0.4, 0.5) is 0 Å². The van der Waals surface area contributed by atoms with E-state index >= 15 is 0 Å². The standard InChI is InChI=1S/C14H13ClO/c1-10-2-4-11(5-3-10)8-12-6-7-14(16)13(15)9-12/h2-7,9,16H,8H2,1H3. The number of hydrogen-bond acceptors (Lipinski definition) is 1. The molecule has 0 heterocycles. The molecule has 0 saturated heterocycles. The lowest BCUT2D eigenvalue weighted by Crippen LogP contribution is -1.88. The molecule has 2 aromatic rings. The van der Waals surface area contributed by atoms with Crippen LogP contribution in [0, 0.1) is 6.92 Å². The summed E-state index contributed by atoms with van der Waals surface area (Å²) < 4.78 is 0. The fraction of sp³-hybridized carbons (Fsp3) is 0.143. The first-order chi connectivity index (χ1) is 7.65. The lowest BCUT2D eigenvalue weighted by atomic mass is 10.0. The summed E-state index contributed by atoms with van der Waals surface area (Å²) in [5.41, 5.74) is 3.60. The quantitative estimate of drug-likeness (QED) is 0.832. The maximum atomic E-state index is 9.31. The zero-order valence-corrected chi connectivity index (χ0v) is 9.83. The molecular formula is C14H13ClO. The Morgan fingerprint density at radius 3 is 2.25 bits per heavy atom. The molecule has 0 spiro atoms. The summed E-state index contributed by atoms with van der Waals surface area (Å²) in [6.07, 6.45) is 0.834. The van der Waals surface area contributed by atoms with Crippen molar-refractivity contribution in [3.63, 3.8) is 0 Å². The summed E-state index contributed by atoms with van der Waals surface area (Å²) in [6, 6.07) is 13.7. The van der Waals surface area contributed by atoms with E-state index in [4.69, 9.17) is 11.6 Å². The fourth-order valence-corrected chi connectivity index (χ4v) is 1.81. The highest BCUT2D eigenvalue weighted by Crippen LogP contribution is 2.24. The van der Waals surface area contributed by atoms with Crippen LogP contribution in [0.2, 0.25) is 5.02 Å². The van der Waals surface area contributed by atoms with E-state index in [0.717, 1.165) is 12.0 Å². The van der Waals surface area contributed by atoms with Crippen LogP contribution in [0.25, 0.3) is 0 Å². The molecule has 0 saturated carbocycles. The lowest BCUT2D eigenvalue weighted by molar-refractivity contribution is 0.475. The Hall–Kier alpha value is -1.47. The van der Waals surface area contributed by atoms with Crippen molar-refractivity contribution in [1.82, 2.24) is 0 Å². The molecule has 2 heteroatoms.